The molecule has 2 aromatic rings. The van der Waals surface area contributed by atoms with Gasteiger partial charge in [0.1, 0.15) is 0 Å². The van der Waals surface area contributed by atoms with Crippen LogP contribution >= 0.6 is 11.6 Å². The van der Waals surface area contributed by atoms with E-state index in [0.29, 0.717) is 3.63 Å². The van der Waals surface area contributed by atoms with Gasteiger partial charge in [0.05, 0.1) is 0 Å². The van der Waals surface area contributed by atoms with E-state index in [9.17, 15) is 0 Å². The molecule has 0 fully saturated rings. The van der Waals surface area contributed by atoms with Crippen LogP contribution in [0.2, 0.25) is 0 Å². The molecule has 0 spiro atoms. The zero-order valence-electron chi connectivity index (χ0n) is 12.5. The summed E-state index contributed by atoms with van der Waals surface area (Å²) in [6.45, 7) is 0. The molecule has 0 bridgehead atoms. The first kappa shape index (κ1) is 15.8. The minimum atomic E-state index is -0.624. The number of benzene rings is 1. The number of hydrogen-bond acceptors (Lipinski definition) is 0. The Kier molecular flexibility index (Phi) is 5.34. The maximum Gasteiger partial charge on any atom is 0.0108 e. The van der Waals surface area contributed by atoms with Gasteiger partial charge in [-0.3, -0.25) is 0 Å². The molecule has 1 heterocycles. The predicted molar refractivity (Wildman–Crippen MR) is 91.4 cm³/mol. The minimum absolute atomic E-state index is 0.624. The van der Waals surface area contributed by atoms with Crippen molar-refractivity contribution in [3.05, 3.63) is 81.4 Å². The van der Waals surface area contributed by atoms with E-state index in [-0.39, 0.29) is 0 Å². The summed E-state index contributed by atoms with van der Waals surface area (Å²) in [5, 5.41) is 0. The second-order valence-electron chi connectivity index (χ2n) is 5.19. The molecule has 2 aliphatic rings. The Morgan fingerprint density at radius 3 is 2.59 bits per heavy atom. The van der Waals surface area contributed by atoms with Gasteiger partial charge in [-0.25, -0.2) is 0 Å². The van der Waals surface area contributed by atoms with Gasteiger partial charge < -0.3 is 0 Å². The van der Waals surface area contributed by atoms with Gasteiger partial charge in [-0.2, -0.15) is 0 Å². The van der Waals surface area contributed by atoms with E-state index in [0.717, 1.165) is 0 Å². The van der Waals surface area contributed by atoms with Crippen LogP contribution in [0.3, 0.4) is 0 Å². The average Bonchev–Trinajstić information content (AvgIpc) is 3.31. The van der Waals surface area contributed by atoms with E-state index in [1.165, 1.54) is 29.6 Å². The maximum atomic E-state index is 4.64. The topological polar surface area (TPSA) is 4.93 Å². The standard InChI is InChI=1S/C13H10N.C5H5.CH3Cl.Zr/c1-2-6-12-10-13(9-11(12)5-1)14-7-3-4-8-14;1-2-4-5-3-1;1-2;/h1-10H;1-3H,4H2;1H3;. The van der Waals surface area contributed by atoms with Crippen molar-refractivity contribution in [3.8, 4) is 0 Å². The Morgan fingerprint density at radius 2 is 1.86 bits per heavy atom. The first-order valence-electron chi connectivity index (χ1n) is 7.36. The Bertz CT molecular complexity index is 726. The summed E-state index contributed by atoms with van der Waals surface area (Å²) in [5.41, 5.74) is 4.42. The molecule has 22 heavy (non-hydrogen) atoms. The number of allylic oxidation sites excluding steroid dienone is 5. The molecule has 4 rings (SSSR count). The van der Waals surface area contributed by atoms with Crippen LogP contribution in [0.4, 0.5) is 0 Å². The smallest absolute Gasteiger partial charge is 0.0108 e. The third-order valence-electron chi connectivity index (χ3n) is 3.91. The molecule has 1 aromatic heterocycles. The number of rotatable bonds is 3. The zero-order chi connectivity index (χ0) is 15.4. The molecule has 1 aromatic carbocycles. The largest absolute Gasteiger partial charge is 0.130 e. The Morgan fingerprint density at radius 1 is 1.09 bits per heavy atom. The molecule has 0 aliphatic heterocycles. The first-order chi connectivity index (χ1) is 10.9. The average molecular weight is 387 g/mol. The van der Waals surface area contributed by atoms with Gasteiger partial charge in [0.25, 0.3) is 0 Å². The van der Waals surface area contributed by atoms with Gasteiger partial charge in [-0.15, -0.1) is 11.6 Å². The maximum absolute atomic E-state index is 4.64. The zero-order valence-corrected chi connectivity index (χ0v) is 15.8. The Hall–Kier alpha value is -1.11. The summed E-state index contributed by atoms with van der Waals surface area (Å²) >= 11 is 4.02. The summed E-state index contributed by atoms with van der Waals surface area (Å²) < 4.78 is 4.65. The van der Waals surface area contributed by atoms with Crippen molar-refractivity contribution in [2.45, 2.75) is 10.0 Å². The fraction of sp³-hybridized carbons (Fsp3) is 0.158. The van der Waals surface area contributed by atoms with E-state index < -0.39 is 23.2 Å². The molecule has 0 radical (unpaired) electrons. The molecular formula is C19H18ClNZr. The summed E-state index contributed by atoms with van der Waals surface area (Å²) in [6, 6.07) is 13.1. The summed E-state index contributed by atoms with van der Waals surface area (Å²) in [4.78, 5) is 0. The molecule has 0 N–H and O–H groups in total. The first-order valence-corrected chi connectivity index (χ1v) is 10.8. The van der Waals surface area contributed by atoms with E-state index in [1.54, 1.807) is 3.28 Å². The van der Waals surface area contributed by atoms with E-state index >= 15 is 0 Å². The monoisotopic (exact) mass is 385 g/mol. The summed E-state index contributed by atoms with van der Waals surface area (Å²) in [6.07, 6.45) is 16.2. The summed E-state index contributed by atoms with van der Waals surface area (Å²) in [7, 11) is 0. The van der Waals surface area contributed by atoms with E-state index in [1.807, 2.05) is 0 Å². The van der Waals surface area contributed by atoms with Crippen molar-refractivity contribution in [1.29, 1.82) is 0 Å². The molecule has 0 saturated heterocycles. The minimum Gasteiger partial charge on any atom is -0.130 e. The summed E-state index contributed by atoms with van der Waals surface area (Å²) in [5.74, 6) is 0. The molecule has 0 amide bonds. The molecule has 110 valence electrons. The van der Waals surface area contributed by atoms with Gasteiger partial charge in [0.2, 0.25) is 0 Å². The number of hydrogen-bond donors (Lipinski definition) is 0. The van der Waals surface area contributed by atoms with Crippen LogP contribution in [0.25, 0.3) is 11.8 Å². The molecule has 1 unspecified atom stereocenters. The van der Waals surface area contributed by atoms with Crippen molar-refractivity contribution in [1.82, 2.24) is 4.57 Å². The van der Waals surface area contributed by atoms with E-state index in [4.69, 9.17) is 0 Å². The quantitative estimate of drug-likeness (QED) is 0.629. The van der Waals surface area contributed by atoms with Gasteiger partial charge in [0.15, 0.2) is 0 Å². The molecule has 1 nitrogen and oxygen atoms in total. The fourth-order valence-electron chi connectivity index (χ4n) is 2.93. The van der Waals surface area contributed by atoms with Crippen molar-refractivity contribution >= 4 is 23.4 Å². The van der Waals surface area contributed by atoms with Crippen LogP contribution in [-0.4, -0.2) is 11.0 Å². The van der Waals surface area contributed by atoms with Crippen LogP contribution in [0.5, 0.6) is 0 Å². The van der Waals surface area contributed by atoms with Crippen LogP contribution in [0.1, 0.15) is 21.2 Å². The second-order valence-corrected chi connectivity index (χ2v) is 8.90. The van der Waals surface area contributed by atoms with Crippen molar-refractivity contribution in [3.63, 3.8) is 0 Å². The second kappa shape index (κ2) is 7.44. The molecule has 2 aliphatic carbocycles. The normalized spacial score (nSPS) is 18.2. The van der Waals surface area contributed by atoms with Crippen LogP contribution < -0.4 is 0 Å². The number of nitrogens with zero attached hydrogens (tertiary/aromatic N) is 1. The van der Waals surface area contributed by atoms with Crippen LogP contribution in [0, 0.1) is 0 Å². The van der Waals surface area contributed by atoms with Gasteiger partial charge >= 0.3 is 131 Å². The number of alkyl halides is 1. The van der Waals surface area contributed by atoms with Gasteiger partial charge in [-0.1, -0.05) is 0 Å². The predicted octanol–water partition coefficient (Wildman–Crippen LogP) is 5.32. The van der Waals surface area contributed by atoms with Crippen molar-refractivity contribution in [2.24, 2.45) is 0 Å². The molecule has 3 heteroatoms. The Balaban J connectivity index is 0.000000693. The number of fused-ring (bicyclic) bond motifs is 1. The van der Waals surface area contributed by atoms with Crippen LogP contribution in [-0.2, 0) is 23.2 Å². The van der Waals surface area contributed by atoms with Crippen molar-refractivity contribution in [2.75, 3.05) is 6.38 Å². The molecule has 0 saturated carbocycles. The number of halogens is 1. The number of aromatic nitrogens is 1. The van der Waals surface area contributed by atoms with Crippen LogP contribution in [0.15, 0.2) is 70.3 Å². The van der Waals surface area contributed by atoms with Crippen molar-refractivity contribution < 1.29 is 23.2 Å². The third-order valence-corrected chi connectivity index (χ3v) is 7.93. The SMILES string of the molecule is C1=CC[C]([Zr][CH]2C(n3cccc3)=Cc3ccccc32)=C1.CCl. The molecular weight excluding hydrogens is 369 g/mol. The van der Waals surface area contributed by atoms with Gasteiger partial charge in [0, 0.05) is 6.38 Å². The Labute approximate surface area is 148 Å². The third kappa shape index (κ3) is 3.14. The fourth-order valence-corrected chi connectivity index (χ4v) is 6.86. The van der Waals surface area contributed by atoms with E-state index in [2.05, 4.69) is 89.3 Å². The molecule has 1 atom stereocenters. The van der Waals surface area contributed by atoms with Gasteiger partial charge in [-0.05, 0) is 0 Å².